The molecule has 1 fully saturated rings. The summed E-state index contributed by atoms with van der Waals surface area (Å²) in [5.41, 5.74) is 0.954. The average Bonchev–Trinajstić information content (AvgIpc) is 2.92. The molecule has 19 heavy (non-hydrogen) atoms. The summed E-state index contributed by atoms with van der Waals surface area (Å²) in [6, 6.07) is 9.52. The van der Waals surface area contributed by atoms with E-state index in [4.69, 9.17) is 14.6 Å². The molecular weight excluding hydrogens is 246 g/mol. The van der Waals surface area contributed by atoms with Gasteiger partial charge in [-0.1, -0.05) is 30.3 Å². The first kappa shape index (κ1) is 13.8. The van der Waals surface area contributed by atoms with Crippen LogP contribution >= 0.6 is 0 Å². The second-order valence-electron chi connectivity index (χ2n) is 4.68. The van der Waals surface area contributed by atoms with Gasteiger partial charge in [-0.05, 0) is 12.0 Å². The molecule has 2 rings (SSSR count). The molecule has 2 unspecified atom stereocenters. The number of carbonyl (C=O) groups is 1. The van der Waals surface area contributed by atoms with Crippen LogP contribution in [0.25, 0.3) is 0 Å². The number of carbonyl (C=O) groups excluding carboxylic acids is 1. The predicted molar refractivity (Wildman–Crippen MR) is 69.6 cm³/mol. The van der Waals surface area contributed by atoms with Crippen LogP contribution in [0.4, 0.5) is 4.79 Å². The van der Waals surface area contributed by atoms with E-state index in [1.807, 2.05) is 30.3 Å². The summed E-state index contributed by atoms with van der Waals surface area (Å²) in [4.78, 5) is 11.5. The van der Waals surface area contributed by atoms with Crippen LogP contribution in [-0.2, 0) is 16.1 Å². The molecule has 0 aromatic heterocycles. The van der Waals surface area contributed by atoms with Crippen molar-refractivity contribution in [2.45, 2.75) is 19.1 Å². The maximum Gasteiger partial charge on any atom is 0.407 e. The third kappa shape index (κ3) is 4.54. The lowest BCUT2D eigenvalue weighted by Crippen LogP contribution is -2.32. The molecule has 1 heterocycles. The van der Waals surface area contributed by atoms with Crippen molar-refractivity contribution < 1.29 is 19.4 Å². The van der Waals surface area contributed by atoms with E-state index in [0.29, 0.717) is 13.2 Å². The maximum absolute atomic E-state index is 11.5. The van der Waals surface area contributed by atoms with Gasteiger partial charge in [0.1, 0.15) is 6.61 Å². The van der Waals surface area contributed by atoms with Crippen LogP contribution in [0.3, 0.4) is 0 Å². The lowest BCUT2D eigenvalue weighted by molar-refractivity contribution is 0.0932. The van der Waals surface area contributed by atoms with Crippen LogP contribution in [0.1, 0.15) is 12.0 Å². The molecule has 1 aromatic rings. The fourth-order valence-corrected chi connectivity index (χ4v) is 2.02. The molecule has 104 valence electrons. The number of ether oxygens (including phenoxy) is 2. The lowest BCUT2D eigenvalue weighted by Gasteiger charge is -2.11. The van der Waals surface area contributed by atoms with E-state index in [0.717, 1.165) is 12.0 Å². The van der Waals surface area contributed by atoms with Crippen molar-refractivity contribution in [2.24, 2.45) is 5.92 Å². The molecule has 0 bridgehead atoms. The van der Waals surface area contributed by atoms with Crippen LogP contribution in [-0.4, -0.2) is 37.1 Å². The van der Waals surface area contributed by atoms with Crippen molar-refractivity contribution in [3.63, 3.8) is 0 Å². The van der Waals surface area contributed by atoms with Gasteiger partial charge in [0, 0.05) is 19.1 Å². The smallest absolute Gasteiger partial charge is 0.407 e. The molecule has 0 saturated carbocycles. The standard InChI is InChI=1S/C14H19NO4/c16-8-12-6-13(18-10-12)7-15-14(17)19-9-11-4-2-1-3-5-11/h1-5,12-13,16H,6-10H2,(H,15,17). The second-order valence-corrected chi connectivity index (χ2v) is 4.68. The number of aliphatic hydroxyl groups excluding tert-OH is 1. The van der Waals surface area contributed by atoms with Crippen LogP contribution in [0.15, 0.2) is 30.3 Å². The third-order valence-electron chi connectivity index (χ3n) is 3.11. The molecule has 2 N–H and O–H groups in total. The highest BCUT2D eigenvalue weighted by molar-refractivity contribution is 5.67. The quantitative estimate of drug-likeness (QED) is 0.842. The van der Waals surface area contributed by atoms with Gasteiger partial charge in [0.25, 0.3) is 0 Å². The largest absolute Gasteiger partial charge is 0.445 e. The first-order valence-electron chi connectivity index (χ1n) is 6.45. The monoisotopic (exact) mass is 265 g/mol. The van der Waals surface area contributed by atoms with Gasteiger partial charge >= 0.3 is 6.09 Å². The van der Waals surface area contributed by atoms with Crippen molar-refractivity contribution in [1.29, 1.82) is 0 Å². The highest BCUT2D eigenvalue weighted by Crippen LogP contribution is 2.18. The minimum Gasteiger partial charge on any atom is -0.445 e. The fourth-order valence-electron chi connectivity index (χ4n) is 2.02. The third-order valence-corrected chi connectivity index (χ3v) is 3.11. The number of amides is 1. The number of rotatable bonds is 5. The van der Waals surface area contributed by atoms with Crippen molar-refractivity contribution in [3.05, 3.63) is 35.9 Å². The van der Waals surface area contributed by atoms with E-state index in [-0.39, 0.29) is 25.2 Å². The second kappa shape index (κ2) is 7.11. The first-order valence-corrected chi connectivity index (χ1v) is 6.45. The lowest BCUT2D eigenvalue weighted by atomic mass is 10.1. The Balaban J connectivity index is 1.63. The van der Waals surface area contributed by atoms with Gasteiger partial charge in [-0.2, -0.15) is 0 Å². The molecule has 1 aliphatic heterocycles. The van der Waals surface area contributed by atoms with Gasteiger partial charge in [-0.15, -0.1) is 0 Å². The van der Waals surface area contributed by atoms with Crippen LogP contribution in [0.5, 0.6) is 0 Å². The Labute approximate surface area is 112 Å². The molecule has 0 radical (unpaired) electrons. The molecule has 5 heteroatoms. The van der Waals surface area contributed by atoms with Crippen molar-refractivity contribution in [2.75, 3.05) is 19.8 Å². The number of hydrogen-bond donors (Lipinski definition) is 2. The Kier molecular flexibility index (Phi) is 5.18. The van der Waals surface area contributed by atoms with Crippen LogP contribution < -0.4 is 5.32 Å². The zero-order valence-electron chi connectivity index (χ0n) is 10.7. The summed E-state index contributed by atoms with van der Waals surface area (Å²) in [5.74, 6) is 0.187. The zero-order valence-corrected chi connectivity index (χ0v) is 10.7. The molecule has 1 aromatic carbocycles. The van der Waals surface area contributed by atoms with E-state index in [9.17, 15) is 4.79 Å². The fraction of sp³-hybridized carbons (Fsp3) is 0.500. The van der Waals surface area contributed by atoms with E-state index in [2.05, 4.69) is 5.32 Å². The number of alkyl carbamates (subject to hydrolysis) is 1. The van der Waals surface area contributed by atoms with E-state index in [1.54, 1.807) is 0 Å². The minimum atomic E-state index is -0.445. The Morgan fingerprint density at radius 3 is 2.89 bits per heavy atom. The van der Waals surface area contributed by atoms with Gasteiger partial charge in [-0.3, -0.25) is 0 Å². The molecule has 0 spiro atoms. The van der Waals surface area contributed by atoms with Crippen LogP contribution in [0, 0.1) is 5.92 Å². The van der Waals surface area contributed by atoms with Crippen molar-refractivity contribution in [1.82, 2.24) is 5.32 Å². The van der Waals surface area contributed by atoms with E-state index in [1.165, 1.54) is 0 Å². The summed E-state index contributed by atoms with van der Waals surface area (Å²) in [7, 11) is 0. The summed E-state index contributed by atoms with van der Waals surface area (Å²) in [6.45, 7) is 1.37. The maximum atomic E-state index is 11.5. The number of nitrogens with one attached hydrogen (secondary N) is 1. The van der Waals surface area contributed by atoms with E-state index >= 15 is 0 Å². The average molecular weight is 265 g/mol. The number of hydrogen-bond acceptors (Lipinski definition) is 4. The first-order chi connectivity index (χ1) is 9.28. The zero-order chi connectivity index (χ0) is 13.5. The summed E-state index contributed by atoms with van der Waals surface area (Å²) < 4.78 is 10.5. The van der Waals surface area contributed by atoms with Gasteiger partial charge in [-0.25, -0.2) is 4.79 Å². The van der Waals surface area contributed by atoms with Crippen molar-refractivity contribution >= 4 is 6.09 Å². The highest BCUT2D eigenvalue weighted by Gasteiger charge is 2.25. The molecule has 0 aliphatic carbocycles. The Morgan fingerprint density at radius 2 is 2.21 bits per heavy atom. The summed E-state index contributed by atoms with van der Waals surface area (Å²) >= 11 is 0. The Bertz CT molecular complexity index is 396. The van der Waals surface area contributed by atoms with Gasteiger partial charge in [0.05, 0.1) is 12.7 Å². The summed E-state index contributed by atoms with van der Waals surface area (Å²) in [6.07, 6.45) is 0.302. The predicted octanol–water partition coefficient (Wildman–Crippen LogP) is 1.31. The molecule has 1 aliphatic rings. The van der Waals surface area contributed by atoms with E-state index < -0.39 is 6.09 Å². The van der Waals surface area contributed by atoms with Crippen LogP contribution in [0.2, 0.25) is 0 Å². The molecule has 2 atom stereocenters. The molecule has 5 nitrogen and oxygen atoms in total. The molecule has 1 saturated heterocycles. The molecule has 1 amide bonds. The number of benzene rings is 1. The van der Waals surface area contributed by atoms with Crippen molar-refractivity contribution in [3.8, 4) is 0 Å². The normalized spacial score (nSPS) is 22.2. The highest BCUT2D eigenvalue weighted by atomic mass is 16.5. The minimum absolute atomic E-state index is 0.0265. The Morgan fingerprint density at radius 1 is 1.42 bits per heavy atom. The number of aliphatic hydroxyl groups is 1. The van der Waals surface area contributed by atoms with Gasteiger partial charge in [0.2, 0.25) is 0 Å². The topological polar surface area (TPSA) is 67.8 Å². The SMILES string of the molecule is O=C(NCC1CC(CO)CO1)OCc1ccccc1. The Hall–Kier alpha value is -1.59. The molecular formula is C14H19NO4. The van der Waals surface area contributed by atoms with Gasteiger partial charge < -0.3 is 19.9 Å². The van der Waals surface area contributed by atoms with Gasteiger partial charge in [0.15, 0.2) is 0 Å². The summed E-state index contributed by atoms with van der Waals surface area (Å²) in [5, 5.41) is 11.7.